The van der Waals surface area contributed by atoms with Gasteiger partial charge in [0.2, 0.25) is 0 Å². The van der Waals surface area contributed by atoms with E-state index in [0.29, 0.717) is 5.41 Å². The lowest BCUT2D eigenvalue weighted by Crippen LogP contribution is -2.47. The molecule has 0 amide bonds. The minimum absolute atomic E-state index is 0.537. The molecule has 6 nitrogen and oxygen atoms in total. The first-order valence-corrected chi connectivity index (χ1v) is 14.4. The maximum atomic E-state index is 5.60. The highest BCUT2D eigenvalue weighted by Gasteiger charge is 2.37. The number of nitrogens with zero attached hydrogens (tertiary/aromatic N) is 5. The molecule has 0 atom stereocenters. The number of hydrogen-bond donors (Lipinski definition) is 0. The molecule has 1 spiro atoms. The minimum atomic E-state index is 0.537. The van der Waals surface area contributed by atoms with Crippen LogP contribution in [0.2, 0.25) is 0 Å². The van der Waals surface area contributed by atoms with Crippen molar-refractivity contribution in [1.29, 1.82) is 0 Å². The third-order valence-corrected chi connectivity index (χ3v) is 9.13. The lowest BCUT2D eigenvalue weighted by molar-refractivity contribution is 0.0801. The van der Waals surface area contributed by atoms with Crippen molar-refractivity contribution in [1.82, 2.24) is 19.7 Å². The zero-order chi connectivity index (χ0) is 24.8. The van der Waals surface area contributed by atoms with Gasteiger partial charge in [0.1, 0.15) is 5.75 Å². The lowest BCUT2D eigenvalue weighted by atomic mass is 9.71. The zero-order valence-electron chi connectivity index (χ0n) is 21.7. The number of likely N-dealkylation sites (tertiary alicyclic amines) is 1. The summed E-state index contributed by atoms with van der Waals surface area (Å²) in [5, 5.41) is 10.0. The van der Waals surface area contributed by atoms with E-state index in [4.69, 9.17) is 4.74 Å². The second-order valence-corrected chi connectivity index (χ2v) is 11.2. The summed E-state index contributed by atoms with van der Waals surface area (Å²) in [7, 11) is 1.77. The largest absolute Gasteiger partial charge is 0.495 e. The number of benzene rings is 2. The predicted octanol–water partition coefficient (Wildman–Crippen LogP) is 5.84. The molecule has 2 aromatic carbocycles. The van der Waals surface area contributed by atoms with E-state index in [2.05, 4.69) is 80.0 Å². The van der Waals surface area contributed by atoms with Gasteiger partial charge in [-0.05, 0) is 76.2 Å². The van der Waals surface area contributed by atoms with E-state index in [1.165, 1.54) is 57.4 Å². The van der Waals surface area contributed by atoms with Crippen LogP contribution in [0.25, 0.3) is 11.4 Å². The number of hydrogen-bond acceptors (Lipinski definition) is 6. The van der Waals surface area contributed by atoms with Crippen molar-refractivity contribution in [3.8, 4) is 17.1 Å². The number of rotatable bonds is 9. The van der Waals surface area contributed by atoms with Crippen molar-refractivity contribution >= 4 is 17.4 Å². The normalized spacial score (nSPS) is 18.0. The SMILES string of the molecule is CCn1c(SCCCN2CCC3(CC2)CCN(c2ccccc2OC)CC3)nnc1-c1ccccc1. The highest BCUT2D eigenvalue weighted by molar-refractivity contribution is 7.99. The summed E-state index contributed by atoms with van der Waals surface area (Å²) in [6.45, 7) is 9.00. The van der Waals surface area contributed by atoms with Crippen molar-refractivity contribution in [2.45, 2.75) is 50.7 Å². The van der Waals surface area contributed by atoms with Crippen LogP contribution in [0.4, 0.5) is 5.69 Å². The highest BCUT2D eigenvalue weighted by atomic mass is 32.2. The van der Waals surface area contributed by atoms with Crippen molar-refractivity contribution in [2.75, 3.05) is 50.5 Å². The molecule has 192 valence electrons. The van der Waals surface area contributed by atoms with Crippen LogP contribution in [0, 0.1) is 5.41 Å². The first-order chi connectivity index (χ1) is 17.7. The molecule has 1 aromatic heterocycles. The Morgan fingerprint density at radius 1 is 0.889 bits per heavy atom. The summed E-state index contributed by atoms with van der Waals surface area (Å²) in [6, 6.07) is 18.8. The van der Waals surface area contributed by atoms with Crippen molar-refractivity contribution < 1.29 is 4.74 Å². The standard InChI is InChI=1S/C29H39N5OS/c1-3-34-27(24-10-5-4-6-11-24)30-31-28(34)36-23-9-18-32-19-14-29(15-20-32)16-21-33(22-17-29)25-12-7-8-13-26(25)35-2/h4-8,10-13H,3,9,14-23H2,1-2H3. The molecule has 3 aromatic rings. The molecule has 7 heteroatoms. The number of aromatic nitrogens is 3. The third-order valence-electron chi connectivity index (χ3n) is 8.08. The average Bonchev–Trinajstić information content (AvgIpc) is 3.36. The molecule has 0 saturated carbocycles. The quantitative estimate of drug-likeness (QED) is 0.269. The second-order valence-electron chi connectivity index (χ2n) is 10.1. The number of anilines is 1. The summed E-state index contributed by atoms with van der Waals surface area (Å²) in [4.78, 5) is 5.20. The molecule has 3 heterocycles. The maximum Gasteiger partial charge on any atom is 0.191 e. The van der Waals surface area contributed by atoms with Gasteiger partial charge in [0, 0.05) is 31.0 Å². The monoisotopic (exact) mass is 505 g/mol. The van der Waals surface area contributed by atoms with E-state index in [0.717, 1.165) is 47.7 Å². The second kappa shape index (κ2) is 11.7. The van der Waals surface area contributed by atoms with Gasteiger partial charge in [0.05, 0.1) is 12.8 Å². The molecular formula is C29H39N5OS. The summed E-state index contributed by atoms with van der Waals surface area (Å²) in [5.74, 6) is 3.05. The van der Waals surface area contributed by atoms with Gasteiger partial charge in [-0.1, -0.05) is 54.2 Å². The van der Waals surface area contributed by atoms with Crippen LogP contribution in [-0.2, 0) is 6.54 Å². The molecule has 2 aliphatic rings. The van der Waals surface area contributed by atoms with Crippen LogP contribution in [0.15, 0.2) is 59.8 Å². The number of ether oxygens (including phenoxy) is 1. The Bertz CT molecular complexity index is 1100. The fourth-order valence-electron chi connectivity index (χ4n) is 5.80. The van der Waals surface area contributed by atoms with E-state index in [-0.39, 0.29) is 0 Å². The molecule has 5 rings (SSSR count). The van der Waals surface area contributed by atoms with E-state index in [1.807, 2.05) is 17.8 Å². The van der Waals surface area contributed by atoms with Gasteiger partial charge < -0.3 is 19.1 Å². The van der Waals surface area contributed by atoms with Gasteiger partial charge in [-0.2, -0.15) is 0 Å². The molecule has 2 aliphatic heterocycles. The van der Waals surface area contributed by atoms with Crippen LogP contribution in [0.5, 0.6) is 5.75 Å². The first kappa shape index (κ1) is 25.2. The van der Waals surface area contributed by atoms with Gasteiger partial charge in [-0.3, -0.25) is 0 Å². The third kappa shape index (κ3) is 5.57. The minimum Gasteiger partial charge on any atom is -0.495 e. The van der Waals surface area contributed by atoms with Crippen molar-refractivity contribution in [3.05, 3.63) is 54.6 Å². The summed E-state index contributed by atoms with van der Waals surface area (Å²) in [6.07, 6.45) is 6.46. The number of piperidine rings is 2. The Morgan fingerprint density at radius 3 is 2.31 bits per heavy atom. The Morgan fingerprint density at radius 2 is 1.58 bits per heavy atom. The van der Waals surface area contributed by atoms with Gasteiger partial charge in [-0.25, -0.2) is 0 Å². The molecule has 36 heavy (non-hydrogen) atoms. The molecule has 0 radical (unpaired) electrons. The molecule has 2 saturated heterocycles. The van der Waals surface area contributed by atoms with Gasteiger partial charge >= 0.3 is 0 Å². The molecule has 2 fully saturated rings. The van der Waals surface area contributed by atoms with Crippen LogP contribution < -0.4 is 9.64 Å². The smallest absolute Gasteiger partial charge is 0.191 e. The van der Waals surface area contributed by atoms with Gasteiger partial charge in [0.15, 0.2) is 11.0 Å². The zero-order valence-corrected chi connectivity index (χ0v) is 22.6. The predicted molar refractivity (Wildman–Crippen MR) is 149 cm³/mol. The summed E-state index contributed by atoms with van der Waals surface area (Å²) >= 11 is 1.85. The van der Waals surface area contributed by atoms with Crippen molar-refractivity contribution in [3.63, 3.8) is 0 Å². The van der Waals surface area contributed by atoms with Gasteiger partial charge in [0.25, 0.3) is 0 Å². The molecule has 0 unspecified atom stereocenters. The molecule has 0 N–H and O–H groups in total. The average molecular weight is 506 g/mol. The molecule has 0 aliphatic carbocycles. The Kier molecular flexibility index (Phi) is 8.17. The van der Waals surface area contributed by atoms with Crippen LogP contribution >= 0.6 is 11.8 Å². The fraction of sp³-hybridized carbons (Fsp3) is 0.517. The van der Waals surface area contributed by atoms with Crippen LogP contribution in [0.3, 0.4) is 0 Å². The number of methoxy groups -OCH3 is 1. The van der Waals surface area contributed by atoms with E-state index in [9.17, 15) is 0 Å². The lowest BCUT2D eigenvalue weighted by Gasteiger charge is -2.47. The topological polar surface area (TPSA) is 46.4 Å². The Hall–Kier alpha value is -2.51. The number of para-hydroxylation sites is 2. The van der Waals surface area contributed by atoms with Crippen LogP contribution in [-0.4, -0.2) is 65.3 Å². The van der Waals surface area contributed by atoms with Gasteiger partial charge in [-0.15, -0.1) is 10.2 Å². The summed E-state index contributed by atoms with van der Waals surface area (Å²) in [5.41, 5.74) is 2.92. The molecular weight excluding hydrogens is 466 g/mol. The first-order valence-electron chi connectivity index (χ1n) is 13.4. The number of thioether (sulfide) groups is 1. The Labute approximate surface area is 220 Å². The summed E-state index contributed by atoms with van der Waals surface area (Å²) < 4.78 is 7.84. The Balaban J connectivity index is 1.05. The van der Waals surface area contributed by atoms with Crippen LogP contribution in [0.1, 0.15) is 39.0 Å². The maximum absolute atomic E-state index is 5.60. The fourth-order valence-corrected chi connectivity index (χ4v) is 6.72. The van der Waals surface area contributed by atoms with E-state index < -0.39 is 0 Å². The highest BCUT2D eigenvalue weighted by Crippen LogP contribution is 2.43. The van der Waals surface area contributed by atoms with E-state index in [1.54, 1.807) is 7.11 Å². The van der Waals surface area contributed by atoms with E-state index >= 15 is 0 Å². The van der Waals surface area contributed by atoms with Crippen molar-refractivity contribution in [2.24, 2.45) is 5.41 Å². The molecule has 0 bridgehead atoms.